The molecule has 0 saturated heterocycles. The Morgan fingerprint density at radius 3 is 2.63 bits per heavy atom. The molecule has 3 aromatic rings. The van der Waals surface area contributed by atoms with Crippen molar-refractivity contribution in [2.24, 2.45) is 5.10 Å². The standard InChI is InChI=1S/C25H22BrClFN3O4/c1-14-7-8-15(2)21(9-14)30-24(32)25(33)31-29-12-16-10-18(26)23(22(11-16)34-3)35-13-17-19(27)5-4-6-20(17)28/h4-12H,13H2,1-3H3,(H,30,32)(H,31,33). The lowest BCUT2D eigenvalue weighted by Crippen LogP contribution is -2.32. The number of carbonyl (C=O) groups is 2. The number of hydrazone groups is 1. The van der Waals surface area contributed by atoms with Crippen LogP contribution in [0.4, 0.5) is 10.1 Å². The zero-order valence-corrected chi connectivity index (χ0v) is 21.5. The van der Waals surface area contributed by atoms with Gasteiger partial charge in [0, 0.05) is 11.3 Å². The monoisotopic (exact) mass is 561 g/mol. The lowest BCUT2D eigenvalue weighted by atomic mass is 10.1. The molecule has 0 spiro atoms. The second-order valence-corrected chi connectivity index (χ2v) is 8.76. The Morgan fingerprint density at radius 1 is 1.14 bits per heavy atom. The highest BCUT2D eigenvalue weighted by atomic mass is 79.9. The van der Waals surface area contributed by atoms with Gasteiger partial charge >= 0.3 is 11.8 Å². The van der Waals surface area contributed by atoms with Gasteiger partial charge in [-0.05, 0) is 76.8 Å². The zero-order chi connectivity index (χ0) is 25.5. The van der Waals surface area contributed by atoms with E-state index >= 15 is 0 Å². The molecule has 2 N–H and O–H groups in total. The summed E-state index contributed by atoms with van der Waals surface area (Å²) in [7, 11) is 1.45. The highest BCUT2D eigenvalue weighted by molar-refractivity contribution is 9.10. The van der Waals surface area contributed by atoms with E-state index in [-0.39, 0.29) is 17.2 Å². The van der Waals surface area contributed by atoms with E-state index in [0.29, 0.717) is 27.2 Å². The van der Waals surface area contributed by atoms with Gasteiger partial charge in [0.2, 0.25) is 0 Å². The minimum atomic E-state index is -0.921. The van der Waals surface area contributed by atoms with Crippen molar-refractivity contribution in [2.45, 2.75) is 20.5 Å². The van der Waals surface area contributed by atoms with Crippen molar-refractivity contribution >= 4 is 51.2 Å². The Balaban J connectivity index is 1.66. The summed E-state index contributed by atoms with van der Waals surface area (Å²) in [5.74, 6) is -1.57. The highest BCUT2D eigenvalue weighted by Gasteiger charge is 2.16. The zero-order valence-electron chi connectivity index (χ0n) is 19.1. The minimum absolute atomic E-state index is 0.112. The molecule has 182 valence electrons. The van der Waals surface area contributed by atoms with Crippen LogP contribution in [-0.4, -0.2) is 25.1 Å². The summed E-state index contributed by atoms with van der Waals surface area (Å²) in [6.45, 7) is 3.60. The summed E-state index contributed by atoms with van der Waals surface area (Å²) in [6, 6.07) is 13.2. The summed E-state index contributed by atoms with van der Waals surface area (Å²) >= 11 is 9.45. The minimum Gasteiger partial charge on any atom is -0.493 e. The molecule has 0 atom stereocenters. The second-order valence-electron chi connectivity index (χ2n) is 7.49. The number of aryl methyl sites for hydroxylation is 2. The first-order valence-electron chi connectivity index (χ1n) is 10.3. The van der Waals surface area contributed by atoms with Gasteiger partial charge in [-0.2, -0.15) is 5.10 Å². The number of ether oxygens (including phenoxy) is 2. The highest BCUT2D eigenvalue weighted by Crippen LogP contribution is 2.37. The number of methoxy groups -OCH3 is 1. The van der Waals surface area contributed by atoms with Crippen LogP contribution in [0, 0.1) is 19.7 Å². The molecule has 0 unspecified atom stereocenters. The molecular weight excluding hydrogens is 541 g/mol. The molecule has 0 fully saturated rings. The Labute approximate surface area is 215 Å². The Bertz CT molecular complexity index is 1280. The van der Waals surface area contributed by atoms with Crippen LogP contribution in [0.5, 0.6) is 11.5 Å². The number of nitrogens with zero attached hydrogens (tertiary/aromatic N) is 1. The number of hydrogen-bond acceptors (Lipinski definition) is 5. The summed E-state index contributed by atoms with van der Waals surface area (Å²) in [6.07, 6.45) is 1.34. The average Bonchev–Trinajstić information content (AvgIpc) is 2.81. The lowest BCUT2D eigenvalue weighted by molar-refractivity contribution is -0.136. The third kappa shape index (κ3) is 6.80. The number of amides is 2. The van der Waals surface area contributed by atoms with Crippen LogP contribution in [-0.2, 0) is 16.2 Å². The first-order chi connectivity index (χ1) is 16.7. The number of anilines is 1. The quantitative estimate of drug-likeness (QED) is 0.225. The van der Waals surface area contributed by atoms with Crippen molar-refractivity contribution in [3.8, 4) is 11.5 Å². The smallest absolute Gasteiger partial charge is 0.329 e. The van der Waals surface area contributed by atoms with E-state index in [4.69, 9.17) is 21.1 Å². The Kier molecular flexibility index (Phi) is 8.84. The number of nitrogens with one attached hydrogen (secondary N) is 2. The topological polar surface area (TPSA) is 89.0 Å². The van der Waals surface area contributed by atoms with Crippen molar-refractivity contribution in [3.63, 3.8) is 0 Å². The van der Waals surface area contributed by atoms with Crippen molar-refractivity contribution < 1.29 is 23.5 Å². The molecule has 2 amide bonds. The van der Waals surface area contributed by atoms with Crippen molar-refractivity contribution in [3.05, 3.63) is 86.1 Å². The predicted molar refractivity (Wildman–Crippen MR) is 137 cm³/mol. The van der Waals surface area contributed by atoms with Gasteiger partial charge < -0.3 is 14.8 Å². The van der Waals surface area contributed by atoms with Crippen LogP contribution in [0.2, 0.25) is 5.02 Å². The third-order valence-electron chi connectivity index (χ3n) is 4.90. The molecule has 0 aliphatic rings. The SMILES string of the molecule is COc1cc(C=NNC(=O)C(=O)Nc2cc(C)ccc2C)cc(Br)c1OCc1c(F)cccc1Cl. The van der Waals surface area contributed by atoms with Crippen molar-refractivity contribution in [2.75, 3.05) is 12.4 Å². The fraction of sp³-hybridized carbons (Fsp3) is 0.160. The van der Waals surface area contributed by atoms with Crippen LogP contribution >= 0.6 is 27.5 Å². The molecule has 0 heterocycles. The van der Waals surface area contributed by atoms with Crippen LogP contribution < -0.4 is 20.2 Å². The fourth-order valence-corrected chi connectivity index (χ4v) is 3.83. The summed E-state index contributed by atoms with van der Waals surface area (Å²) in [5, 5.41) is 6.65. The Hall–Kier alpha value is -3.43. The predicted octanol–water partition coefficient (Wildman–Crippen LogP) is 5.53. The molecule has 7 nitrogen and oxygen atoms in total. The number of carbonyl (C=O) groups excluding carboxylic acids is 2. The van der Waals surface area contributed by atoms with Gasteiger partial charge in [0.1, 0.15) is 12.4 Å². The largest absolute Gasteiger partial charge is 0.493 e. The molecule has 0 aliphatic heterocycles. The van der Waals surface area contributed by atoms with Crippen LogP contribution in [0.25, 0.3) is 0 Å². The maximum atomic E-state index is 14.0. The van der Waals surface area contributed by atoms with Gasteiger partial charge in [-0.1, -0.05) is 29.8 Å². The van der Waals surface area contributed by atoms with E-state index in [1.54, 1.807) is 24.3 Å². The molecular formula is C25H22BrClFN3O4. The van der Waals surface area contributed by atoms with E-state index in [1.165, 1.54) is 25.5 Å². The Morgan fingerprint density at radius 2 is 1.91 bits per heavy atom. The van der Waals surface area contributed by atoms with E-state index in [1.807, 2.05) is 26.0 Å². The van der Waals surface area contributed by atoms with Gasteiger partial charge in [-0.15, -0.1) is 0 Å². The van der Waals surface area contributed by atoms with Crippen LogP contribution in [0.15, 0.2) is 58.1 Å². The van der Waals surface area contributed by atoms with Gasteiger partial charge in [0.05, 0.1) is 22.8 Å². The van der Waals surface area contributed by atoms with E-state index in [0.717, 1.165) is 11.1 Å². The van der Waals surface area contributed by atoms with E-state index in [9.17, 15) is 14.0 Å². The first-order valence-corrected chi connectivity index (χ1v) is 11.5. The molecule has 0 saturated carbocycles. The van der Waals surface area contributed by atoms with Crippen molar-refractivity contribution in [1.29, 1.82) is 0 Å². The molecule has 10 heteroatoms. The number of rotatable bonds is 7. The van der Waals surface area contributed by atoms with Crippen LogP contribution in [0.3, 0.4) is 0 Å². The summed E-state index contributed by atoms with van der Waals surface area (Å²) < 4.78 is 25.7. The number of benzene rings is 3. The van der Waals surface area contributed by atoms with Gasteiger partial charge in [0.25, 0.3) is 0 Å². The molecule has 0 aromatic heterocycles. The third-order valence-corrected chi connectivity index (χ3v) is 5.84. The molecule has 35 heavy (non-hydrogen) atoms. The normalized spacial score (nSPS) is 10.8. The maximum Gasteiger partial charge on any atom is 0.329 e. The molecule has 0 bridgehead atoms. The van der Waals surface area contributed by atoms with Gasteiger partial charge in [-0.3, -0.25) is 9.59 Å². The molecule has 0 radical (unpaired) electrons. The van der Waals surface area contributed by atoms with Crippen molar-refractivity contribution in [1.82, 2.24) is 5.43 Å². The number of halogens is 3. The van der Waals surface area contributed by atoms with Gasteiger partial charge in [0.15, 0.2) is 11.5 Å². The maximum absolute atomic E-state index is 14.0. The summed E-state index contributed by atoms with van der Waals surface area (Å²) in [5.41, 5.74) is 5.28. The molecule has 3 rings (SSSR count). The number of hydrogen-bond donors (Lipinski definition) is 2. The first kappa shape index (κ1) is 26.2. The van der Waals surface area contributed by atoms with Crippen LogP contribution in [0.1, 0.15) is 22.3 Å². The lowest BCUT2D eigenvalue weighted by Gasteiger charge is -2.14. The molecule has 0 aliphatic carbocycles. The fourth-order valence-electron chi connectivity index (χ4n) is 3.03. The average molecular weight is 563 g/mol. The van der Waals surface area contributed by atoms with E-state index < -0.39 is 17.6 Å². The second kappa shape index (κ2) is 11.8. The van der Waals surface area contributed by atoms with E-state index in [2.05, 4.69) is 31.8 Å². The van der Waals surface area contributed by atoms with Gasteiger partial charge in [-0.25, -0.2) is 9.82 Å². The summed E-state index contributed by atoms with van der Waals surface area (Å²) in [4.78, 5) is 24.3. The molecule has 3 aromatic carbocycles.